The molecule has 1 heterocycles. The van der Waals surface area contributed by atoms with Crippen molar-refractivity contribution in [1.29, 1.82) is 0 Å². The lowest BCUT2D eigenvalue weighted by atomic mass is 10.0. The second kappa shape index (κ2) is 5.65. The summed E-state index contributed by atoms with van der Waals surface area (Å²) in [5.41, 5.74) is 6.85. The van der Waals surface area contributed by atoms with E-state index in [1.165, 1.54) is 26.4 Å². The molecule has 0 saturated heterocycles. The van der Waals surface area contributed by atoms with Crippen molar-refractivity contribution in [2.75, 3.05) is 0 Å². The predicted molar refractivity (Wildman–Crippen MR) is 78.8 cm³/mol. The molecule has 1 aromatic carbocycles. The normalized spacial score (nSPS) is 12.7. The summed E-state index contributed by atoms with van der Waals surface area (Å²) < 4.78 is 0. The summed E-state index contributed by atoms with van der Waals surface area (Å²) in [5.74, 6) is 5.74. The van der Waals surface area contributed by atoms with Crippen LogP contribution in [0.25, 0.3) is 0 Å². The number of hydrogen-bond donors (Lipinski definition) is 2. The van der Waals surface area contributed by atoms with Crippen molar-refractivity contribution in [3.63, 3.8) is 0 Å². The van der Waals surface area contributed by atoms with Crippen LogP contribution >= 0.6 is 11.3 Å². The van der Waals surface area contributed by atoms with E-state index in [4.69, 9.17) is 5.84 Å². The van der Waals surface area contributed by atoms with Crippen LogP contribution in [-0.4, -0.2) is 0 Å². The van der Waals surface area contributed by atoms with Crippen LogP contribution in [0.4, 0.5) is 0 Å². The zero-order valence-electron chi connectivity index (χ0n) is 11.2. The molecule has 2 nitrogen and oxygen atoms in total. The highest BCUT2D eigenvalue weighted by Crippen LogP contribution is 2.30. The molecule has 3 heteroatoms. The molecule has 2 aromatic rings. The Labute approximate surface area is 113 Å². The van der Waals surface area contributed by atoms with Crippen LogP contribution in [0.3, 0.4) is 0 Å². The number of hydrazine groups is 1. The van der Waals surface area contributed by atoms with E-state index in [-0.39, 0.29) is 6.04 Å². The van der Waals surface area contributed by atoms with Gasteiger partial charge in [-0.15, -0.1) is 11.3 Å². The third kappa shape index (κ3) is 2.64. The van der Waals surface area contributed by atoms with Crippen LogP contribution in [0.2, 0.25) is 0 Å². The summed E-state index contributed by atoms with van der Waals surface area (Å²) in [5, 5.41) is 0. The van der Waals surface area contributed by atoms with Crippen molar-refractivity contribution >= 4 is 11.3 Å². The van der Waals surface area contributed by atoms with Crippen molar-refractivity contribution in [2.24, 2.45) is 5.84 Å². The summed E-state index contributed by atoms with van der Waals surface area (Å²) in [4.78, 5) is 2.64. The van der Waals surface area contributed by atoms with Gasteiger partial charge in [-0.05, 0) is 43.0 Å². The average molecular weight is 260 g/mol. The molecule has 0 aliphatic heterocycles. The first kappa shape index (κ1) is 13.3. The van der Waals surface area contributed by atoms with Crippen molar-refractivity contribution < 1.29 is 0 Å². The van der Waals surface area contributed by atoms with Crippen LogP contribution in [0.5, 0.6) is 0 Å². The zero-order chi connectivity index (χ0) is 13.1. The van der Waals surface area contributed by atoms with Crippen molar-refractivity contribution in [3.8, 4) is 0 Å². The second-order valence-corrected chi connectivity index (χ2v) is 5.87. The van der Waals surface area contributed by atoms with Gasteiger partial charge in [0.2, 0.25) is 0 Å². The Hall–Kier alpha value is -1.16. The van der Waals surface area contributed by atoms with Gasteiger partial charge in [0.25, 0.3) is 0 Å². The Morgan fingerprint density at radius 3 is 2.61 bits per heavy atom. The van der Waals surface area contributed by atoms with E-state index in [2.05, 4.69) is 56.5 Å². The largest absolute Gasteiger partial charge is 0.271 e. The number of benzene rings is 1. The van der Waals surface area contributed by atoms with Crippen molar-refractivity contribution in [1.82, 2.24) is 5.43 Å². The first-order valence-corrected chi connectivity index (χ1v) is 7.09. The lowest BCUT2D eigenvalue weighted by molar-refractivity contribution is 0.645. The van der Waals surface area contributed by atoms with Crippen LogP contribution in [0, 0.1) is 13.8 Å². The van der Waals surface area contributed by atoms with Gasteiger partial charge in [0, 0.05) is 9.75 Å². The Kier molecular flexibility index (Phi) is 4.17. The molecule has 1 unspecified atom stereocenters. The number of thiophene rings is 1. The standard InChI is InChI=1S/C15H20N2S/c1-4-12-6-5-7-13(9-12)15(17-16)14-8-10(2)11(3)18-14/h5-9,15,17H,4,16H2,1-3H3. The molecule has 2 rings (SSSR count). The summed E-state index contributed by atoms with van der Waals surface area (Å²) in [6.07, 6.45) is 1.05. The number of nitrogens with two attached hydrogens (primary N) is 1. The topological polar surface area (TPSA) is 38.0 Å². The summed E-state index contributed by atoms with van der Waals surface area (Å²) >= 11 is 1.81. The molecule has 96 valence electrons. The van der Waals surface area contributed by atoms with E-state index in [0.29, 0.717) is 0 Å². The molecular formula is C15H20N2S. The van der Waals surface area contributed by atoms with Gasteiger partial charge in [0.15, 0.2) is 0 Å². The zero-order valence-corrected chi connectivity index (χ0v) is 12.0. The molecule has 0 saturated carbocycles. The minimum Gasteiger partial charge on any atom is -0.271 e. The van der Waals surface area contributed by atoms with Crippen LogP contribution in [0.1, 0.15) is 39.4 Å². The molecule has 0 aliphatic carbocycles. The van der Waals surface area contributed by atoms with Gasteiger partial charge in [-0.3, -0.25) is 5.84 Å². The quantitative estimate of drug-likeness (QED) is 0.652. The fraction of sp³-hybridized carbons (Fsp3) is 0.333. The third-order valence-electron chi connectivity index (χ3n) is 3.33. The first-order valence-electron chi connectivity index (χ1n) is 6.27. The molecule has 0 amide bonds. The van der Waals surface area contributed by atoms with E-state index in [9.17, 15) is 0 Å². The minimum atomic E-state index is 0.0916. The lowest BCUT2D eigenvalue weighted by Crippen LogP contribution is -2.28. The highest BCUT2D eigenvalue weighted by atomic mass is 32.1. The van der Waals surface area contributed by atoms with Gasteiger partial charge in [0.05, 0.1) is 6.04 Å². The van der Waals surface area contributed by atoms with E-state index < -0.39 is 0 Å². The van der Waals surface area contributed by atoms with Gasteiger partial charge >= 0.3 is 0 Å². The molecule has 0 aliphatic rings. The van der Waals surface area contributed by atoms with Crippen LogP contribution < -0.4 is 11.3 Å². The highest BCUT2D eigenvalue weighted by Gasteiger charge is 2.15. The number of nitrogens with one attached hydrogen (secondary N) is 1. The third-order valence-corrected chi connectivity index (χ3v) is 4.55. The molecule has 3 N–H and O–H groups in total. The van der Waals surface area contributed by atoms with E-state index in [1.54, 1.807) is 0 Å². The summed E-state index contributed by atoms with van der Waals surface area (Å²) in [7, 11) is 0. The maximum absolute atomic E-state index is 5.74. The average Bonchev–Trinajstić information content (AvgIpc) is 2.70. The Morgan fingerprint density at radius 2 is 2.06 bits per heavy atom. The molecule has 0 fully saturated rings. The van der Waals surface area contributed by atoms with Gasteiger partial charge in [-0.1, -0.05) is 31.2 Å². The Morgan fingerprint density at radius 1 is 1.28 bits per heavy atom. The maximum atomic E-state index is 5.74. The van der Waals surface area contributed by atoms with Crippen molar-refractivity contribution in [3.05, 3.63) is 56.8 Å². The molecule has 18 heavy (non-hydrogen) atoms. The van der Waals surface area contributed by atoms with Crippen molar-refractivity contribution in [2.45, 2.75) is 33.2 Å². The van der Waals surface area contributed by atoms with Gasteiger partial charge < -0.3 is 0 Å². The minimum absolute atomic E-state index is 0.0916. The molecular weight excluding hydrogens is 240 g/mol. The van der Waals surface area contributed by atoms with E-state index >= 15 is 0 Å². The van der Waals surface area contributed by atoms with Gasteiger partial charge in [-0.2, -0.15) is 0 Å². The Bertz CT molecular complexity index is 512. The number of hydrogen-bond acceptors (Lipinski definition) is 3. The highest BCUT2D eigenvalue weighted by molar-refractivity contribution is 7.12. The van der Waals surface area contributed by atoms with Crippen LogP contribution in [-0.2, 0) is 6.42 Å². The van der Waals surface area contributed by atoms with Gasteiger partial charge in [-0.25, -0.2) is 5.43 Å². The van der Waals surface area contributed by atoms with Gasteiger partial charge in [0.1, 0.15) is 0 Å². The molecule has 0 bridgehead atoms. The second-order valence-electron chi connectivity index (χ2n) is 4.59. The fourth-order valence-electron chi connectivity index (χ4n) is 2.08. The summed E-state index contributed by atoms with van der Waals surface area (Å²) in [6, 6.07) is 10.9. The van der Waals surface area contributed by atoms with E-state index in [0.717, 1.165) is 6.42 Å². The number of rotatable bonds is 4. The SMILES string of the molecule is CCc1cccc(C(NN)c2cc(C)c(C)s2)c1. The van der Waals surface area contributed by atoms with Crippen LogP contribution in [0.15, 0.2) is 30.3 Å². The molecule has 0 spiro atoms. The maximum Gasteiger partial charge on any atom is 0.0802 e. The first-order chi connectivity index (χ1) is 8.65. The smallest absolute Gasteiger partial charge is 0.0802 e. The molecule has 1 atom stereocenters. The molecule has 0 radical (unpaired) electrons. The predicted octanol–water partition coefficient (Wildman–Crippen LogP) is 3.48. The summed E-state index contributed by atoms with van der Waals surface area (Å²) in [6.45, 7) is 6.47. The van der Waals surface area contributed by atoms with E-state index in [1.807, 2.05) is 11.3 Å². The Balaban J connectivity index is 2.38. The monoisotopic (exact) mass is 260 g/mol. The lowest BCUT2D eigenvalue weighted by Gasteiger charge is -2.15. The fourth-order valence-corrected chi connectivity index (χ4v) is 3.21. The number of aryl methyl sites for hydroxylation is 3. The molecule has 1 aromatic heterocycles.